The predicted molar refractivity (Wildman–Crippen MR) is 232 cm³/mol. The third-order valence-electron chi connectivity index (χ3n) is 12.9. The Hall–Kier alpha value is -6.24. The summed E-state index contributed by atoms with van der Waals surface area (Å²) in [4.78, 5) is 92.2. The van der Waals surface area contributed by atoms with Crippen LogP contribution in [0.3, 0.4) is 0 Å². The molecule has 9 rings (SSSR count). The minimum Gasteiger partial charge on any atom is -0.508 e. The van der Waals surface area contributed by atoms with E-state index in [4.69, 9.17) is 0 Å². The predicted octanol–water partition coefficient (Wildman–Crippen LogP) is 4.20. The number of phenols is 1. The van der Waals surface area contributed by atoms with E-state index in [0.717, 1.165) is 99.8 Å². The fraction of sp³-hybridized carbons (Fsp3) is 0.400. The molecule has 5 aliphatic rings. The van der Waals surface area contributed by atoms with Crippen LogP contribution in [0.5, 0.6) is 5.75 Å². The average Bonchev–Trinajstić information content (AvgIpc) is 3.98. The molecule has 16 nitrogen and oxygen atoms in total. The topological polar surface area (TPSA) is 188 Å². The van der Waals surface area contributed by atoms with E-state index in [0.29, 0.717) is 29.0 Å². The summed E-state index contributed by atoms with van der Waals surface area (Å²) in [5, 5.41) is 21.0. The lowest BCUT2D eigenvalue weighted by Crippen LogP contribution is -2.54. The number of carbonyl (C=O) groups is 6. The first-order valence-electron chi connectivity index (χ1n) is 21.5. The number of anilines is 3. The van der Waals surface area contributed by atoms with Gasteiger partial charge in [-0.1, -0.05) is 12.1 Å². The van der Waals surface area contributed by atoms with Gasteiger partial charge in [-0.05, 0) is 86.7 Å². The zero-order chi connectivity index (χ0) is 43.8. The third kappa shape index (κ3) is 8.49. The van der Waals surface area contributed by atoms with Gasteiger partial charge in [-0.25, -0.2) is 9.37 Å². The van der Waals surface area contributed by atoms with Crippen molar-refractivity contribution in [3.05, 3.63) is 99.8 Å². The van der Waals surface area contributed by atoms with Gasteiger partial charge >= 0.3 is 0 Å². The van der Waals surface area contributed by atoms with E-state index >= 15 is 0 Å². The number of aromatic nitrogens is 1. The molecule has 0 spiro atoms. The van der Waals surface area contributed by atoms with Gasteiger partial charge in [0.25, 0.3) is 23.6 Å². The van der Waals surface area contributed by atoms with E-state index in [1.165, 1.54) is 22.3 Å². The molecule has 2 unspecified atom stereocenters. The summed E-state index contributed by atoms with van der Waals surface area (Å²) in [6.07, 6.45) is 5.54. The molecule has 4 aromatic rings. The summed E-state index contributed by atoms with van der Waals surface area (Å²) in [5.41, 5.74) is 3.27. The van der Waals surface area contributed by atoms with Crippen molar-refractivity contribution in [2.24, 2.45) is 0 Å². The summed E-state index contributed by atoms with van der Waals surface area (Å²) in [6.45, 7) is 7.31. The van der Waals surface area contributed by atoms with Gasteiger partial charge in [-0.2, -0.15) is 0 Å². The van der Waals surface area contributed by atoms with Gasteiger partial charge in [0, 0.05) is 98.9 Å². The number of aromatic hydroxyl groups is 1. The van der Waals surface area contributed by atoms with Crippen LogP contribution in [0.1, 0.15) is 86.8 Å². The van der Waals surface area contributed by atoms with E-state index in [-0.39, 0.29) is 47.7 Å². The van der Waals surface area contributed by atoms with E-state index in [1.54, 1.807) is 29.8 Å². The molecule has 3 aromatic carbocycles. The normalized spacial score (nSPS) is 20.2. The van der Waals surface area contributed by atoms with Crippen molar-refractivity contribution in [2.75, 3.05) is 67.9 Å². The van der Waals surface area contributed by atoms with E-state index < -0.39 is 47.4 Å². The Morgan fingerprint density at radius 3 is 2.48 bits per heavy atom. The number of imide groups is 2. The maximum Gasteiger partial charge on any atom is 0.264 e. The Morgan fingerprint density at radius 2 is 1.71 bits per heavy atom. The van der Waals surface area contributed by atoms with Crippen molar-refractivity contribution in [1.82, 2.24) is 29.9 Å². The molecule has 0 radical (unpaired) electrons. The Labute approximate surface area is 367 Å². The first-order valence-corrected chi connectivity index (χ1v) is 22.3. The van der Waals surface area contributed by atoms with Crippen molar-refractivity contribution in [1.29, 1.82) is 0 Å². The van der Waals surface area contributed by atoms with Crippen LogP contribution in [0.25, 0.3) is 0 Å². The second kappa shape index (κ2) is 17.9. The molecule has 6 heterocycles. The minimum absolute atomic E-state index is 0.00355. The van der Waals surface area contributed by atoms with Gasteiger partial charge in [-0.3, -0.25) is 49.2 Å². The van der Waals surface area contributed by atoms with Gasteiger partial charge in [0.15, 0.2) is 5.13 Å². The quantitative estimate of drug-likeness (QED) is 0.111. The maximum absolute atomic E-state index is 14.4. The standard InChI is InChI=1S/C45H48FN9O7S/c46-28-7-10-36(56)33(24-28)39(41(59)50-45-48-15-23-63-45)54-26-27-6-8-30(25-32(27)42(54)60)52-17-12-29(13-18-52)53-21-19-51(20-22-53)16-2-1-14-47-34-5-3-4-31-38(34)44(62)55(43(31)61)35-9-11-37(57)49-40(35)58/h3-8,10,15,23-25,29,35,39,47,56H,1-2,9,11-14,16-22,26H2,(H,48,50,59)(H,49,57,58). The highest BCUT2D eigenvalue weighted by Crippen LogP contribution is 2.38. The Balaban J connectivity index is 0.730. The van der Waals surface area contributed by atoms with Crippen LogP contribution in [-0.2, 0) is 20.9 Å². The van der Waals surface area contributed by atoms with Gasteiger partial charge in [-0.15, -0.1) is 11.3 Å². The van der Waals surface area contributed by atoms with Crippen LogP contribution in [0.2, 0.25) is 0 Å². The number of piperazine rings is 1. The highest BCUT2D eigenvalue weighted by atomic mass is 32.1. The molecule has 0 aliphatic carbocycles. The van der Waals surface area contributed by atoms with Crippen LogP contribution in [0.15, 0.2) is 66.2 Å². The number of nitrogens with one attached hydrogen (secondary N) is 3. The number of rotatable bonds is 13. The first-order chi connectivity index (χ1) is 30.5. The summed E-state index contributed by atoms with van der Waals surface area (Å²) < 4.78 is 14.4. The van der Waals surface area contributed by atoms with Crippen molar-refractivity contribution in [3.63, 3.8) is 0 Å². The molecule has 328 valence electrons. The molecule has 6 amide bonds. The van der Waals surface area contributed by atoms with Crippen LogP contribution >= 0.6 is 11.3 Å². The Bertz CT molecular complexity index is 2450. The molecule has 0 bridgehead atoms. The molecular weight excluding hydrogens is 830 g/mol. The molecule has 3 fully saturated rings. The summed E-state index contributed by atoms with van der Waals surface area (Å²) in [6, 6.07) is 12.5. The van der Waals surface area contributed by atoms with Gasteiger partial charge < -0.3 is 25.1 Å². The number of carbonyl (C=O) groups excluding carboxylic acids is 6. The summed E-state index contributed by atoms with van der Waals surface area (Å²) in [5.74, 6) is -3.95. The number of fused-ring (bicyclic) bond motifs is 2. The fourth-order valence-electron chi connectivity index (χ4n) is 9.56. The number of hydrogen-bond donors (Lipinski definition) is 4. The number of thiazole rings is 1. The van der Waals surface area contributed by atoms with Gasteiger partial charge in [0.1, 0.15) is 23.7 Å². The van der Waals surface area contributed by atoms with Crippen LogP contribution in [0.4, 0.5) is 20.9 Å². The van der Waals surface area contributed by atoms with Crippen molar-refractivity contribution >= 4 is 63.3 Å². The average molecular weight is 878 g/mol. The zero-order valence-electron chi connectivity index (χ0n) is 34.6. The number of halogens is 1. The smallest absolute Gasteiger partial charge is 0.264 e. The van der Waals surface area contributed by atoms with Crippen LogP contribution in [0, 0.1) is 5.82 Å². The van der Waals surface area contributed by atoms with Gasteiger partial charge in [0.05, 0.1) is 11.1 Å². The van der Waals surface area contributed by atoms with Gasteiger partial charge in [0.2, 0.25) is 11.8 Å². The highest BCUT2D eigenvalue weighted by Gasteiger charge is 2.46. The van der Waals surface area contributed by atoms with E-state index in [2.05, 4.69) is 35.6 Å². The van der Waals surface area contributed by atoms with E-state index in [1.807, 2.05) is 18.2 Å². The Kier molecular flexibility index (Phi) is 11.9. The van der Waals surface area contributed by atoms with Crippen molar-refractivity contribution in [2.45, 2.75) is 63.2 Å². The molecule has 2 atom stereocenters. The number of piperidine rings is 2. The first kappa shape index (κ1) is 42.1. The van der Waals surface area contributed by atoms with Crippen LogP contribution < -0.4 is 20.9 Å². The summed E-state index contributed by atoms with van der Waals surface area (Å²) in [7, 11) is 0. The molecule has 3 saturated heterocycles. The number of benzene rings is 3. The lowest BCUT2D eigenvalue weighted by atomic mass is 10.0. The molecule has 0 saturated carbocycles. The lowest BCUT2D eigenvalue weighted by molar-refractivity contribution is -0.136. The molecule has 5 aliphatic heterocycles. The Morgan fingerprint density at radius 1 is 0.905 bits per heavy atom. The van der Waals surface area contributed by atoms with Crippen molar-refractivity contribution < 1.29 is 38.3 Å². The monoisotopic (exact) mass is 877 g/mol. The molecule has 63 heavy (non-hydrogen) atoms. The molecule has 4 N–H and O–H groups in total. The largest absolute Gasteiger partial charge is 0.508 e. The second-order valence-corrected chi connectivity index (χ2v) is 17.5. The summed E-state index contributed by atoms with van der Waals surface area (Å²) >= 11 is 1.21. The number of amides is 6. The lowest BCUT2D eigenvalue weighted by Gasteiger charge is -2.43. The number of phenolic OH excluding ortho intramolecular Hbond substituents is 1. The van der Waals surface area contributed by atoms with Crippen LogP contribution in [-0.4, -0.2) is 130 Å². The minimum atomic E-state index is -1.29. The highest BCUT2D eigenvalue weighted by molar-refractivity contribution is 7.13. The number of nitrogens with zero attached hydrogens (tertiary/aromatic N) is 6. The SMILES string of the molecule is O=C1CCC(N2C(=O)c3cccc(NCCCCN4CCN(C5CCN(c6ccc7c(c6)C(=O)N(C(C(=O)Nc6nccs6)c6cc(F)ccc6O)C7)CC5)CC4)c3C2=O)C(=O)N1. The number of unbranched alkanes of at least 4 members (excludes halogenated alkanes) is 1. The molecule has 1 aromatic heterocycles. The van der Waals surface area contributed by atoms with E-state index in [9.17, 15) is 38.3 Å². The molecular formula is C45H48FN9O7S. The second-order valence-electron chi connectivity index (χ2n) is 16.6. The third-order valence-corrected chi connectivity index (χ3v) is 13.6. The fourth-order valence-corrected chi connectivity index (χ4v) is 10.1. The maximum atomic E-state index is 14.4. The zero-order valence-corrected chi connectivity index (χ0v) is 35.4. The molecule has 18 heteroatoms. The number of hydrogen-bond acceptors (Lipinski definition) is 13. The van der Waals surface area contributed by atoms with Crippen molar-refractivity contribution in [3.8, 4) is 5.75 Å².